The number of rotatable bonds is 6. The summed E-state index contributed by atoms with van der Waals surface area (Å²) in [6.07, 6.45) is 0. The summed E-state index contributed by atoms with van der Waals surface area (Å²) in [4.78, 5) is 22.7. The zero-order valence-corrected chi connectivity index (χ0v) is 13.4. The van der Waals surface area contributed by atoms with Gasteiger partial charge in [0.05, 0.1) is 18.1 Å². The number of esters is 1. The van der Waals surface area contributed by atoms with Crippen LogP contribution in [0.4, 0.5) is 0 Å². The number of carbonyl (C=O) groups is 2. The van der Waals surface area contributed by atoms with E-state index in [1.54, 1.807) is 23.7 Å². The number of nitrogens with zero attached hydrogens (tertiary/aromatic N) is 4. The third kappa shape index (κ3) is 3.91. The van der Waals surface area contributed by atoms with Crippen LogP contribution in [0.5, 0.6) is 0 Å². The predicted molar refractivity (Wildman–Crippen MR) is 81.0 cm³/mol. The molecule has 2 rings (SSSR count). The van der Waals surface area contributed by atoms with Crippen molar-refractivity contribution >= 4 is 23.5 Å². The quantitative estimate of drug-likeness (QED) is 0.453. The van der Waals surface area contributed by atoms with E-state index in [4.69, 9.17) is 0 Å². The van der Waals surface area contributed by atoms with Gasteiger partial charge in [-0.25, -0.2) is 9.48 Å². The Morgan fingerprint density at radius 1 is 1.27 bits per heavy atom. The number of hydrogen-bond acceptors (Lipinski definition) is 7. The van der Waals surface area contributed by atoms with Gasteiger partial charge in [0.2, 0.25) is 5.78 Å². The van der Waals surface area contributed by atoms with E-state index in [1.165, 1.54) is 0 Å². The average Bonchev–Trinajstić information content (AvgIpc) is 2.84. The molecular formula is C14H16N4O3S. The molecule has 22 heavy (non-hydrogen) atoms. The van der Waals surface area contributed by atoms with Gasteiger partial charge in [0.25, 0.3) is 0 Å². The number of Topliss-reactive ketones (excluding diaryl/α,β-unsaturated/α-hetero) is 1. The molecular weight excluding hydrogens is 304 g/mol. The first-order valence-electron chi connectivity index (χ1n) is 6.71. The molecule has 0 radical (unpaired) electrons. The highest BCUT2D eigenvalue weighted by Crippen LogP contribution is 2.16. The highest BCUT2D eigenvalue weighted by Gasteiger charge is 2.15. The highest BCUT2D eigenvalue weighted by atomic mass is 32.2. The van der Waals surface area contributed by atoms with E-state index in [9.17, 15) is 9.59 Å². The number of carbonyl (C=O) groups excluding carboxylic acids is 2. The van der Waals surface area contributed by atoms with Crippen molar-refractivity contribution in [1.29, 1.82) is 0 Å². The molecule has 0 fully saturated rings. The van der Waals surface area contributed by atoms with Crippen LogP contribution < -0.4 is 0 Å². The van der Waals surface area contributed by atoms with E-state index < -0.39 is 11.8 Å². The largest absolute Gasteiger partial charge is 0.460 e. The van der Waals surface area contributed by atoms with Crippen molar-refractivity contribution in [3.63, 3.8) is 0 Å². The number of thioether (sulfide) groups is 1. The Bertz CT molecular complexity index is 682. The van der Waals surface area contributed by atoms with Crippen LogP contribution in [-0.2, 0) is 14.3 Å². The van der Waals surface area contributed by atoms with E-state index in [2.05, 4.69) is 20.0 Å². The molecule has 0 aromatic carbocycles. The van der Waals surface area contributed by atoms with Crippen molar-refractivity contribution < 1.29 is 14.3 Å². The standard InChI is InChI=1S/C14H16N4O3S/c1-4-21-14(20)11(19)8-22-13-6-5-12(15-16-13)18-10(3)7-9(2)17-18/h5-7H,4,8H2,1-3H3. The Morgan fingerprint density at radius 3 is 2.59 bits per heavy atom. The van der Waals surface area contributed by atoms with Crippen molar-refractivity contribution in [1.82, 2.24) is 20.0 Å². The van der Waals surface area contributed by atoms with Gasteiger partial charge >= 0.3 is 5.97 Å². The van der Waals surface area contributed by atoms with E-state index in [0.29, 0.717) is 10.8 Å². The molecule has 8 heteroatoms. The van der Waals surface area contributed by atoms with Gasteiger partial charge in [-0.1, -0.05) is 11.8 Å². The zero-order valence-electron chi connectivity index (χ0n) is 12.6. The summed E-state index contributed by atoms with van der Waals surface area (Å²) in [6.45, 7) is 5.68. The van der Waals surface area contributed by atoms with Crippen LogP contribution in [-0.4, -0.2) is 44.1 Å². The molecule has 0 aliphatic carbocycles. The van der Waals surface area contributed by atoms with Crippen molar-refractivity contribution in [2.24, 2.45) is 0 Å². The highest BCUT2D eigenvalue weighted by molar-refractivity contribution is 8.00. The number of ether oxygens (including phenoxy) is 1. The molecule has 0 aliphatic rings. The van der Waals surface area contributed by atoms with Crippen LogP contribution in [0.2, 0.25) is 0 Å². The molecule has 7 nitrogen and oxygen atoms in total. The first-order valence-corrected chi connectivity index (χ1v) is 7.70. The summed E-state index contributed by atoms with van der Waals surface area (Å²) < 4.78 is 6.33. The molecule has 0 bridgehead atoms. The molecule has 0 amide bonds. The fourth-order valence-electron chi connectivity index (χ4n) is 1.77. The fraction of sp³-hybridized carbons (Fsp3) is 0.357. The summed E-state index contributed by atoms with van der Waals surface area (Å²) in [6, 6.07) is 5.45. The van der Waals surface area contributed by atoms with Crippen molar-refractivity contribution in [3.05, 3.63) is 29.6 Å². The van der Waals surface area contributed by atoms with E-state index >= 15 is 0 Å². The molecule has 0 aliphatic heterocycles. The molecule has 0 atom stereocenters. The second kappa shape index (κ2) is 7.17. The summed E-state index contributed by atoms with van der Waals surface area (Å²) in [7, 11) is 0. The van der Waals surface area contributed by atoms with Gasteiger partial charge in [-0.2, -0.15) is 5.10 Å². The van der Waals surface area contributed by atoms with Crippen molar-refractivity contribution in [3.8, 4) is 5.82 Å². The summed E-state index contributed by atoms with van der Waals surface area (Å²) in [5, 5.41) is 13.0. The van der Waals surface area contributed by atoms with Crippen LogP contribution in [0.25, 0.3) is 5.82 Å². The lowest BCUT2D eigenvalue weighted by Gasteiger charge is -2.04. The van der Waals surface area contributed by atoms with Crippen LogP contribution >= 0.6 is 11.8 Å². The van der Waals surface area contributed by atoms with Gasteiger partial charge in [-0.05, 0) is 39.0 Å². The zero-order chi connectivity index (χ0) is 16.1. The molecule has 2 heterocycles. The van der Waals surface area contributed by atoms with Crippen LogP contribution in [0.15, 0.2) is 23.2 Å². The monoisotopic (exact) mass is 320 g/mol. The maximum Gasteiger partial charge on any atom is 0.375 e. The van der Waals surface area contributed by atoms with Gasteiger partial charge in [0.15, 0.2) is 5.82 Å². The van der Waals surface area contributed by atoms with Gasteiger partial charge in [-0.3, -0.25) is 4.79 Å². The Kier molecular flexibility index (Phi) is 5.26. The van der Waals surface area contributed by atoms with Crippen LogP contribution in [0.3, 0.4) is 0 Å². The summed E-state index contributed by atoms with van der Waals surface area (Å²) >= 11 is 1.14. The summed E-state index contributed by atoms with van der Waals surface area (Å²) in [5.41, 5.74) is 1.86. The topological polar surface area (TPSA) is 87.0 Å². The molecule has 2 aromatic rings. The molecule has 0 spiro atoms. The second-order valence-corrected chi connectivity index (χ2v) is 5.50. The van der Waals surface area contributed by atoms with Crippen LogP contribution in [0.1, 0.15) is 18.3 Å². The second-order valence-electron chi connectivity index (χ2n) is 4.50. The van der Waals surface area contributed by atoms with E-state index in [0.717, 1.165) is 23.1 Å². The fourth-order valence-corrected chi connectivity index (χ4v) is 2.43. The minimum Gasteiger partial charge on any atom is -0.460 e. The lowest BCUT2D eigenvalue weighted by Crippen LogP contribution is -2.19. The first kappa shape index (κ1) is 16.2. The Labute approximate surface area is 132 Å². The van der Waals surface area contributed by atoms with Crippen molar-refractivity contribution in [2.75, 3.05) is 12.4 Å². The minimum absolute atomic E-state index is 0.0211. The SMILES string of the molecule is CCOC(=O)C(=O)CSc1ccc(-n2nc(C)cc2C)nn1. The lowest BCUT2D eigenvalue weighted by molar-refractivity contribution is -0.152. The number of aromatic nitrogens is 4. The van der Waals surface area contributed by atoms with Crippen LogP contribution in [0, 0.1) is 13.8 Å². The number of aryl methyl sites for hydroxylation is 2. The van der Waals surface area contributed by atoms with Gasteiger partial charge in [0.1, 0.15) is 5.03 Å². The molecule has 2 aromatic heterocycles. The Balaban J connectivity index is 1.99. The van der Waals surface area contributed by atoms with Gasteiger partial charge in [0, 0.05) is 5.69 Å². The Morgan fingerprint density at radius 2 is 2.05 bits per heavy atom. The Hall–Kier alpha value is -2.22. The smallest absolute Gasteiger partial charge is 0.375 e. The maximum atomic E-state index is 11.5. The molecule has 0 saturated heterocycles. The lowest BCUT2D eigenvalue weighted by atomic mass is 10.4. The number of ketones is 1. The maximum absolute atomic E-state index is 11.5. The van der Waals surface area contributed by atoms with E-state index in [1.807, 2.05) is 19.9 Å². The molecule has 0 N–H and O–H groups in total. The van der Waals surface area contributed by atoms with Gasteiger partial charge < -0.3 is 4.74 Å². The third-order valence-corrected chi connectivity index (χ3v) is 3.63. The molecule has 116 valence electrons. The first-order chi connectivity index (χ1) is 10.5. The number of hydrogen-bond donors (Lipinski definition) is 0. The minimum atomic E-state index is -0.817. The molecule has 0 saturated carbocycles. The predicted octanol–water partition coefficient (Wildman–Crippen LogP) is 1.50. The van der Waals surface area contributed by atoms with E-state index in [-0.39, 0.29) is 12.4 Å². The normalized spacial score (nSPS) is 10.5. The third-order valence-electron chi connectivity index (χ3n) is 2.71. The summed E-state index contributed by atoms with van der Waals surface area (Å²) in [5.74, 6) is -0.822. The van der Waals surface area contributed by atoms with Crippen molar-refractivity contribution in [2.45, 2.75) is 25.8 Å². The average molecular weight is 320 g/mol. The molecule has 0 unspecified atom stereocenters. The van der Waals surface area contributed by atoms with Gasteiger partial charge in [-0.15, -0.1) is 10.2 Å².